The van der Waals surface area contributed by atoms with E-state index in [2.05, 4.69) is 43.5 Å². The van der Waals surface area contributed by atoms with Crippen molar-refractivity contribution < 1.29 is 24.5 Å². The molecule has 0 aromatic carbocycles. The van der Waals surface area contributed by atoms with Gasteiger partial charge in [0.05, 0.1) is 25.4 Å². The molecule has 6 heteroatoms. The van der Waals surface area contributed by atoms with E-state index in [4.69, 9.17) is 4.74 Å². The molecule has 0 fully saturated rings. The van der Waals surface area contributed by atoms with E-state index in [0.717, 1.165) is 51.4 Å². The highest BCUT2D eigenvalue weighted by Crippen LogP contribution is 2.19. The molecular formula is C70H135NO5. The Labute approximate surface area is 475 Å². The first-order chi connectivity index (χ1) is 37.5. The number of carbonyl (C=O) groups is 2. The van der Waals surface area contributed by atoms with Crippen LogP contribution in [-0.4, -0.2) is 47.4 Å². The number of amides is 1. The molecule has 0 aromatic rings. The van der Waals surface area contributed by atoms with Crippen molar-refractivity contribution in [3.63, 3.8) is 0 Å². The number of allylic oxidation sites excluding steroid dienone is 4. The van der Waals surface area contributed by atoms with Gasteiger partial charge in [0.25, 0.3) is 0 Å². The van der Waals surface area contributed by atoms with Gasteiger partial charge >= 0.3 is 5.97 Å². The molecule has 0 saturated heterocycles. The number of hydrogen-bond donors (Lipinski definition) is 3. The van der Waals surface area contributed by atoms with E-state index in [0.29, 0.717) is 25.9 Å². The standard InChI is InChI=1S/C70H135NO5/c1-3-5-7-9-11-13-15-17-19-20-21-22-23-26-29-32-35-38-42-46-50-54-58-62-68(73)67(66-72)71-69(74)63-59-55-51-47-43-39-36-33-30-27-24-25-28-31-34-37-41-45-49-53-57-61-65-76-70(75)64-60-56-52-48-44-40-18-16-14-12-10-8-6-4-2/h10,12,16,18,67-68,72-73H,3-9,11,13-15,17,19-66H2,1-2H3,(H,71,74)/b12-10-,18-16-. The number of nitrogens with one attached hydrogen (secondary N) is 1. The highest BCUT2D eigenvalue weighted by Gasteiger charge is 2.20. The van der Waals surface area contributed by atoms with Crippen LogP contribution in [0.4, 0.5) is 0 Å². The van der Waals surface area contributed by atoms with Crippen LogP contribution in [0.15, 0.2) is 24.3 Å². The minimum absolute atomic E-state index is 0.000469. The molecule has 1 amide bonds. The highest BCUT2D eigenvalue weighted by atomic mass is 16.5. The van der Waals surface area contributed by atoms with Gasteiger partial charge in [-0.1, -0.05) is 346 Å². The van der Waals surface area contributed by atoms with Gasteiger partial charge in [0.15, 0.2) is 0 Å². The summed E-state index contributed by atoms with van der Waals surface area (Å²) in [6.07, 6.45) is 82.1. The average molecular weight is 1070 g/mol. The predicted molar refractivity (Wildman–Crippen MR) is 333 cm³/mol. The average Bonchev–Trinajstić information content (AvgIpc) is 3.42. The summed E-state index contributed by atoms with van der Waals surface area (Å²) in [5.41, 5.74) is 0. The Bertz CT molecular complexity index is 1190. The number of ether oxygens (including phenoxy) is 1. The van der Waals surface area contributed by atoms with Gasteiger partial charge in [-0.15, -0.1) is 0 Å². The molecule has 0 spiro atoms. The highest BCUT2D eigenvalue weighted by molar-refractivity contribution is 5.76. The Balaban J connectivity index is 3.38. The number of aliphatic hydroxyl groups excluding tert-OH is 2. The Kier molecular flexibility index (Phi) is 64.4. The van der Waals surface area contributed by atoms with Gasteiger partial charge in [-0.25, -0.2) is 0 Å². The molecule has 2 atom stereocenters. The lowest BCUT2D eigenvalue weighted by molar-refractivity contribution is -0.143. The van der Waals surface area contributed by atoms with Crippen molar-refractivity contribution in [3.8, 4) is 0 Å². The first-order valence-electron chi connectivity index (χ1n) is 34.6. The summed E-state index contributed by atoms with van der Waals surface area (Å²) in [7, 11) is 0. The second-order valence-electron chi connectivity index (χ2n) is 23.9. The van der Waals surface area contributed by atoms with Crippen molar-refractivity contribution in [2.45, 2.75) is 398 Å². The van der Waals surface area contributed by atoms with Crippen LogP contribution in [-0.2, 0) is 14.3 Å². The van der Waals surface area contributed by atoms with E-state index in [-0.39, 0.29) is 18.5 Å². The van der Waals surface area contributed by atoms with Crippen molar-refractivity contribution in [3.05, 3.63) is 24.3 Å². The van der Waals surface area contributed by atoms with E-state index in [1.165, 1.54) is 302 Å². The van der Waals surface area contributed by atoms with Crippen LogP contribution in [0.5, 0.6) is 0 Å². The summed E-state index contributed by atoms with van der Waals surface area (Å²) in [6.45, 7) is 4.94. The van der Waals surface area contributed by atoms with Crippen LogP contribution in [0.3, 0.4) is 0 Å². The number of unbranched alkanes of at least 4 members (excludes halogenated alkanes) is 50. The number of aliphatic hydroxyl groups is 2. The molecule has 2 unspecified atom stereocenters. The van der Waals surface area contributed by atoms with Crippen LogP contribution in [0, 0.1) is 0 Å². The van der Waals surface area contributed by atoms with Crippen molar-refractivity contribution in [2.24, 2.45) is 0 Å². The molecule has 0 aliphatic rings. The van der Waals surface area contributed by atoms with Gasteiger partial charge in [0.2, 0.25) is 5.91 Å². The van der Waals surface area contributed by atoms with E-state index in [9.17, 15) is 19.8 Å². The maximum absolute atomic E-state index is 12.6. The normalized spacial score (nSPS) is 12.6. The fourth-order valence-corrected chi connectivity index (χ4v) is 11.0. The molecule has 0 saturated carbocycles. The third-order valence-electron chi connectivity index (χ3n) is 16.3. The second kappa shape index (κ2) is 65.9. The molecule has 0 radical (unpaired) electrons. The molecule has 450 valence electrons. The summed E-state index contributed by atoms with van der Waals surface area (Å²) in [5, 5.41) is 23.4. The maximum Gasteiger partial charge on any atom is 0.305 e. The molecule has 6 nitrogen and oxygen atoms in total. The molecule has 0 aliphatic carbocycles. The van der Waals surface area contributed by atoms with Gasteiger partial charge < -0.3 is 20.3 Å². The van der Waals surface area contributed by atoms with Crippen molar-refractivity contribution in [1.82, 2.24) is 5.32 Å². The fraction of sp³-hybridized carbons (Fsp3) is 0.914. The van der Waals surface area contributed by atoms with Crippen LogP contribution < -0.4 is 5.32 Å². The van der Waals surface area contributed by atoms with Gasteiger partial charge in [0, 0.05) is 12.8 Å². The van der Waals surface area contributed by atoms with E-state index in [1.807, 2.05) is 0 Å². The Hall–Kier alpha value is -1.66. The van der Waals surface area contributed by atoms with Crippen LogP contribution >= 0.6 is 0 Å². The Morgan fingerprint density at radius 1 is 0.368 bits per heavy atom. The van der Waals surface area contributed by atoms with Gasteiger partial charge in [-0.3, -0.25) is 9.59 Å². The van der Waals surface area contributed by atoms with Gasteiger partial charge in [-0.05, 0) is 51.4 Å². The van der Waals surface area contributed by atoms with E-state index >= 15 is 0 Å². The molecule has 0 aromatic heterocycles. The minimum Gasteiger partial charge on any atom is -0.466 e. The lowest BCUT2D eigenvalue weighted by Crippen LogP contribution is -2.45. The molecule has 0 aliphatic heterocycles. The maximum atomic E-state index is 12.6. The van der Waals surface area contributed by atoms with E-state index < -0.39 is 12.1 Å². The molecule has 0 bridgehead atoms. The minimum atomic E-state index is -0.666. The SMILES string of the molecule is CCCC/C=C\C/C=C\CCCCCCCC(=O)OCCCCCCCCCCCCCCCCCCCCCCCCC(=O)NC(CO)C(O)CCCCCCCCCCCCCCCCCCCCCCCCC. The van der Waals surface area contributed by atoms with Gasteiger partial charge in [-0.2, -0.15) is 0 Å². The molecule has 76 heavy (non-hydrogen) atoms. The lowest BCUT2D eigenvalue weighted by atomic mass is 10.0. The lowest BCUT2D eigenvalue weighted by Gasteiger charge is -2.22. The fourth-order valence-electron chi connectivity index (χ4n) is 11.0. The summed E-state index contributed by atoms with van der Waals surface area (Å²) in [5.74, 6) is -0.0313. The number of hydrogen-bond acceptors (Lipinski definition) is 5. The zero-order valence-electron chi connectivity index (χ0n) is 51.5. The Morgan fingerprint density at radius 3 is 1.04 bits per heavy atom. The van der Waals surface area contributed by atoms with Crippen molar-refractivity contribution in [1.29, 1.82) is 0 Å². The molecule has 0 rings (SSSR count). The third kappa shape index (κ3) is 61.6. The first-order valence-corrected chi connectivity index (χ1v) is 34.6. The molecule has 3 N–H and O–H groups in total. The van der Waals surface area contributed by atoms with Gasteiger partial charge in [0.1, 0.15) is 0 Å². The smallest absolute Gasteiger partial charge is 0.305 e. The summed E-state index contributed by atoms with van der Waals surface area (Å²) >= 11 is 0. The number of esters is 1. The van der Waals surface area contributed by atoms with E-state index in [1.54, 1.807) is 0 Å². The van der Waals surface area contributed by atoms with Crippen LogP contribution in [0.25, 0.3) is 0 Å². The second-order valence-corrected chi connectivity index (χ2v) is 23.9. The zero-order chi connectivity index (χ0) is 55.0. The van der Waals surface area contributed by atoms with Crippen molar-refractivity contribution in [2.75, 3.05) is 13.2 Å². The summed E-state index contributed by atoms with van der Waals surface area (Å²) in [6, 6.07) is -0.543. The zero-order valence-corrected chi connectivity index (χ0v) is 51.5. The quantitative estimate of drug-likeness (QED) is 0.0320. The molecule has 0 heterocycles. The largest absolute Gasteiger partial charge is 0.466 e. The first kappa shape index (κ1) is 74.3. The summed E-state index contributed by atoms with van der Waals surface area (Å²) < 4.78 is 5.48. The monoisotopic (exact) mass is 1070 g/mol. The topological polar surface area (TPSA) is 95.9 Å². The number of rotatable bonds is 65. The Morgan fingerprint density at radius 2 is 0.671 bits per heavy atom. The number of carbonyl (C=O) groups excluding carboxylic acids is 2. The summed E-state index contributed by atoms with van der Waals surface area (Å²) in [4.78, 5) is 24.6. The predicted octanol–water partition coefficient (Wildman–Crippen LogP) is 22.1. The van der Waals surface area contributed by atoms with Crippen molar-refractivity contribution >= 4 is 11.9 Å². The van der Waals surface area contributed by atoms with Crippen LogP contribution in [0.1, 0.15) is 386 Å². The third-order valence-corrected chi connectivity index (χ3v) is 16.3. The van der Waals surface area contributed by atoms with Crippen LogP contribution in [0.2, 0.25) is 0 Å². The molecular weight excluding hydrogens is 935 g/mol.